The Labute approximate surface area is 85.6 Å². The second kappa shape index (κ2) is 6.79. The maximum absolute atomic E-state index is 10.9. The Morgan fingerprint density at radius 3 is 2.57 bits per heavy atom. The molecule has 0 rings (SSSR count). The van der Waals surface area contributed by atoms with Crippen LogP contribution in [0.15, 0.2) is 0 Å². The zero-order valence-corrected chi connectivity index (χ0v) is 9.30. The Bertz CT molecular complexity index is 173. The molecule has 0 aromatic carbocycles. The SMILES string of the molecule is CCCCOCCC(C)(NC)C(=O)O. The molecule has 1 atom stereocenters. The van der Waals surface area contributed by atoms with Crippen molar-refractivity contribution in [3.63, 3.8) is 0 Å². The number of carbonyl (C=O) groups is 1. The molecule has 0 spiro atoms. The zero-order valence-electron chi connectivity index (χ0n) is 9.30. The second-order valence-electron chi connectivity index (χ2n) is 3.60. The molecular formula is C10H21NO3. The van der Waals surface area contributed by atoms with Gasteiger partial charge < -0.3 is 15.2 Å². The predicted octanol–water partition coefficient (Wildman–Crippen LogP) is 1.26. The lowest BCUT2D eigenvalue weighted by molar-refractivity contribution is -0.144. The Balaban J connectivity index is 3.68. The Kier molecular flexibility index (Phi) is 6.49. The number of likely N-dealkylation sites (N-methyl/N-ethyl adjacent to an activating group) is 1. The van der Waals surface area contributed by atoms with Gasteiger partial charge in [-0.25, -0.2) is 0 Å². The van der Waals surface area contributed by atoms with E-state index in [-0.39, 0.29) is 0 Å². The third kappa shape index (κ3) is 4.58. The van der Waals surface area contributed by atoms with Crippen molar-refractivity contribution in [2.75, 3.05) is 20.3 Å². The molecule has 14 heavy (non-hydrogen) atoms. The highest BCUT2D eigenvalue weighted by Crippen LogP contribution is 2.09. The first-order valence-corrected chi connectivity index (χ1v) is 5.07. The lowest BCUT2D eigenvalue weighted by atomic mass is 9.99. The molecule has 0 radical (unpaired) electrons. The van der Waals surface area contributed by atoms with E-state index < -0.39 is 11.5 Å². The van der Waals surface area contributed by atoms with Crippen LogP contribution < -0.4 is 5.32 Å². The van der Waals surface area contributed by atoms with E-state index in [1.807, 2.05) is 0 Å². The molecule has 4 heteroatoms. The Hall–Kier alpha value is -0.610. The van der Waals surface area contributed by atoms with Crippen molar-refractivity contribution >= 4 is 5.97 Å². The number of carboxylic acid groups (broad SMARTS) is 1. The molecule has 0 amide bonds. The number of hydrogen-bond donors (Lipinski definition) is 2. The fraction of sp³-hybridized carbons (Fsp3) is 0.900. The molecule has 0 aliphatic carbocycles. The van der Waals surface area contributed by atoms with Crippen LogP contribution in [0.5, 0.6) is 0 Å². The van der Waals surface area contributed by atoms with Gasteiger partial charge in [-0.3, -0.25) is 4.79 Å². The van der Waals surface area contributed by atoms with Gasteiger partial charge in [0.15, 0.2) is 0 Å². The first kappa shape index (κ1) is 13.4. The first-order valence-electron chi connectivity index (χ1n) is 5.07. The van der Waals surface area contributed by atoms with Crippen LogP contribution in [0, 0.1) is 0 Å². The number of nitrogens with one attached hydrogen (secondary N) is 1. The van der Waals surface area contributed by atoms with E-state index >= 15 is 0 Å². The summed E-state index contributed by atoms with van der Waals surface area (Å²) in [4.78, 5) is 10.9. The smallest absolute Gasteiger partial charge is 0.323 e. The molecule has 0 fully saturated rings. The summed E-state index contributed by atoms with van der Waals surface area (Å²) in [6.45, 7) is 4.97. The highest BCUT2D eigenvalue weighted by atomic mass is 16.5. The average molecular weight is 203 g/mol. The lowest BCUT2D eigenvalue weighted by Gasteiger charge is -2.23. The van der Waals surface area contributed by atoms with Crippen molar-refractivity contribution in [1.29, 1.82) is 0 Å². The third-order valence-corrected chi connectivity index (χ3v) is 2.41. The molecule has 0 aromatic heterocycles. The van der Waals surface area contributed by atoms with Gasteiger partial charge in [0.05, 0.1) is 0 Å². The minimum Gasteiger partial charge on any atom is -0.480 e. The van der Waals surface area contributed by atoms with Crippen LogP contribution in [0.2, 0.25) is 0 Å². The molecule has 0 heterocycles. The summed E-state index contributed by atoms with van der Waals surface area (Å²) in [5, 5.41) is 11.7. The molecule has 0 aliphatic heterocycles. The summed E-state index contributed by atoms with van der Waals surface area (Å²) in [5.74, 6) is -0.834. The van der Waals surface area contributed by atoms with E-state index in [0.717, 1.165) is 19.4 Å². The Morgan fingerprint density at radius 2 is 2.14 bits per heavy atom. The summed E-state index contributed by atoms with van der Waals surface area (Å²) in [6, 6.07) is 0. The van der Waals surface area contributed by atoms with Gasteiger partial charge in [-0.15, -0.1) is 0 Å². The molecule has 4 nitrogen and oxygen atoms in total. The normalized spacial score (nSPS) is 15.1. The van der Waals surface area contributed by atoms with Crippen LogP contribution in [0.4, 0.5) is 0 Å². The third-order valence-electron chi connectivity index (χ3n) is 2.41. The minimum absolute atomic E-state index is 0.489. The zero-order chi connectivity index (χ0) is 11.0. The van der Waals surface area contributed by atoms with Gasteiger partial charge in [-0.05, 0) is 26.8 Å². The van der Waals surface area contributed by atoms with Crippen molar-refractivity contribution in [3.05, 3.63) is 0 Å². The monoisotopic (exact) mass is 203 g/mol. The van der Waals surface area contributed by atoms with Gasteiger partial charge in [-0.1, -0.05) is 13.3 Å². The summed E-state index contributed by atoms with van der Waals surface area (Å²) >= 11 is 0. The molecule has 0 aromatic rings. The highest BCUT2D eigenvalue weighted by Gasteiger charge is 2.30. The number of carboxylic acids is 1. The summed E-state index contributed by atoms with van der Waals surface area (Å²) in [6.07, 6.45) is 2.62. The molecular weight excluding hydrogens is 182 g/mol. The van der Waals surface area contributed by atoms with Gasteiger partial charge in [0, 0.05) is 13.2 Å². The standard InChI is InChI=1S/C10H21NO3/c1-4-5-7-14-8-6-10(2,11-3)9(12)13/h11H,4-8H2,1-3H3,(H,12,13). The van der Waals surface area contributed by atoms with Gasteiger partial charge >= 0.3 is 5.97 Å². The summed E-state index contributed by atoms with van der Waals surface area (Å²) in [5.41, 5.74) is -0.869. The largest absolute Gasteiger partial charge is 0.480 e. The predicted molar refractivity (Wildman–Crippen MR) is 55.4 cm³/mol. The molecule has 0 saturated carbocycles. The maximum atomic E-state index is 10.9. The number of aliphatic carboxylic acids is 1. The molecule has 0 aliphatic rings. The first-order chi connectivity index (χ1) is 6.56. The van der Waals surface area contributed by atoms with Gasteiger partial charge in [-0.2, -0.15) is 0 Å². The van der Waals surface area contributed by atoms with Crippen LogP contribution in [0.1, 0.15) is 33.1 Å². The van der Waals surface area contributed by atoms with E-state index in [1.165, 1.54) is 0 Å². The van der Waals surface area contributed by atoms with Crippen molar-refractivity contribution < 1.29 is 14.6 Å². The summed E-state index contributed by atoms with van der Waals surface area (Å²) in [7, 11) is 1.65. The topological polar surface area (TPSA) is 58.6 Å². The average Bonchev–Trinajstić information content (AvgIpc) is 2.17. The second-order valence-corrected chi connectivity index (χ2v) is 3.60. The molecule has 0 bridgehead atoms. The van der Waals surface area contributed by atoms with E-state index in [2.05, 4.69) is 12.2 Å². The van der Waals surface area contributed by atoms with Crippen molar-refractivity contribution in [2.45, 2.75) is 38.6 Å². The van der Waals surface area contributed by atoms with Gasteiger partial charge in [0.25, 0.3) is 0 Å². The quantitative estimate of drug-likeness (QED) is 0.583. The van der Waals surface area contributed by atoms with Crippen LogP contribution >= 0.6 is 0 Å². The van der Waals surface area contributed by atoms with Crippen LogP contribution in [-0.4, -0.2) is 36.9 Å². The highest BCUT2D eigenvalue weighted by molar-refractivity contribution is 5.78. The van der Waals surface area contributed by atoms with Crippen LogP contribution in [0.3, 0.4) is 0 Å². The van der Waals surface area contributed by atoms with E-state index in [0.29, 0.717) is 13.0 Å². The van der Waals surface area contributed by atoms with E-state index in [9.17, 15) is 4.79 Å². The summed E-state index contributed by atoms with van der Waals surface area (Å²) < 4.78 is 5.32. The van der Waals surface area contributed by atoms with Crippen molar-refractivity contribution in [2.24, 2.45) is 0 Å². The Morgan fingerprint density at radius 1 is 1.50 bits per heavy atom. The van der Waals surface area contributed by atoms with E-state index in [4.69, 9.17) is 9.84 Å². The van der Waals surface area contributed by atoms with Gasteiger partial charge in [0.1, 0.15) is 5.54 Å². The number of ether oxygens (including phenoxy) is 1. The molecule has 0 saturated heterocycles. The molecule has 84 valence electrons. The van der Waals surface area contributed by atoms with Gasteiger partial charge in [0.2, 0.25) is 0 Å². The maximum Gasteiger partial charge on any atom is 0.323 e. The fourth-order valence-corrected chi connectivity index (χ4v) is 0.964. The molecule has 2 N–H and O–H groups in total. The van der Waals surface area contributed by atoms with Crippen LogP contribution in [-0.2, 0) is 9.53 Å². The minimum atomic E-state index is -0.869. The van der Waals surface area contributed by atoms with Crippen molar-refractivity contribution in [1.82, 2.24) is 5.32 Å². The van der Waals surface area contributed by atoms with Crippen LogP contribution in [0.25, 0.3) is 0 Å². The molecule has 1 unspecified atom stereocenters. The number of rotatable bonds is 8. The fourth-order valence-electron chi connectivity index (χ4n) is 0.964. The lowest BCUT2D eigenvalue weighted by Crippen LogP contribution is -2.48. The number of hydrogen-bond acceptors (Lipinski definition) is 3. The van der Waals surface area contributed by atoms with E-state index in [1.54, 1.807) is 14.0 Å². The van der Waals surface area contributed by atoms with Crippen molar-refractivity contribution in [3.8, 4) is 0 Å². The number of unbranched alkanes of at least 4 members (excludes halogenated alkanes) is 1.